The molecular formula is C29H26O3. The number of benzene rings is 4. The van der Waals surface area contributed by atoms with Gasteiger partial charge < -0.3 is 14.6 Å². The lowest BCUT2D eigenvalue weighted by Gasteiger charge is -2.15. The summed E-state index contributed by atoms with van der Waals surface area (Å²) in [5.74, 6) is 1.36. The monoisotopic (exact) mass is 422 g/mol. The zero-order chi connectivity index (χ0) is 22.0. The first kappa shape index (κ1) is 21.3. The number of ether oxygens (including phenoxy) is 2. The average Bonchev–Trinajstić information content (AvgIpc) is 2.85. The van der Waals surface area contributed by atoms with Crippen molar-refractivity contribution in [1.82, 2.24) is 0 Å². The molecule has 0 bridgehead atoms. The lowest BCUT2D eigenvalue weighted by Crippen LogP contribution is -2.01. The van der Waals surface area contributed by atoms with Crippen LogP contribution in [0.4, 0.5) is 0 Å². The maximum atomic E-state index is 10.8. The van der Waals surface area contributed by atoms with Crippen LogP contribution in [0.1, 0.15) is 22.3 Å². The second kappa shape index (κ2) is 10.9. The SMILES string of the molecule is Oc1cc(OCc2ccccc2)cc(OCc2ccccc2)c1CC=Cc1ccccc1. The molecule has 32 heavy (non-hydrogen) atoms. The number of hydrogen-bond acceptors (Lipinski definition) is 3. The van der Waals surface area contributed by atoms with Crippen LogP contribution >= 0.6 is 0 Å². The van der Waals surface area contributed by atoms with E-state index in [1.54, 1.807) is 6.07 Å². The van der Waals surface area contributed by atoms with Crippen LogP contribution in [0, 0.1) is 0 Å². The summed E-state index contributed by atoms with van der Waals surface area (Å²) < 4.78 is 12.1. The Morgan fingerprint density at radius 1 is 0.656 bits per heavy atom. The van der Waals surface area contributed by atoms with Crippen LogP contribution in [0.5, 0.6) is 17.2 Å². The zero-order valence-corrected chi connectivity index (χ0v) is 17.9. The van der Waals surface area contributed by atoms with E-state index in [1.165, 1.54) is 0 Å². The number of allylic oxidation sites excluding steroid dienone is 1. The molecule has 1 N–H and O–H groups in total. The van der Waals surface area contributed by atoms with Crippen LogP contribution in [0.2, 0.25) is 0 Å². The highest BCUT2D eigenvalue weighted by Gasteiger charge is 2.12. The summed E-state index contributed by atoms with van der Waals surface area (Å²) in [5.41, 5.74) is 3.98. The maximum Gasteiger partial charge on any atom is 0.130 e. The second-order valence-electron chi connectivity index (χ2n) is 7.48. The van der Waals surface area contributed by atoms with E-state index in [0.717, 1.165) is 22.3 Å². The van der Waals surface area contributed by atoms with E-state index < -0.39 is 0 Å². The molecule has 0 aliphatic rings. The fourth-order valence-corrected chi connectivity index (χ4v) is 3.38. The first-order chi connectivity index (χ1) is 15.8. The van der Waals surface area contributed by atoms with E-state index in [4.69, 9.17) is 9.47 Å². The summed E-state index contributed by atoms with van der Waals surface area (Å²) in [7, 11) is 0. The molecule has 0 spiro atoms. The smallest absolute Gasteiger partial charge is 0.130 e. The van der Waals surface area contributed by atoms with Crippen molar-refractivity contribution in [2.45, 2.75) is 19.6 Å². The molecule has 0 radical (unpaired) electrons. The van der Waals surface area contributed by atoms with Crippen molar-refractivity contribution < 1.29 is 14.6 Å². The van der Waals surface area contributed by atoms with Crippen molar-refractivity contribution in [1.29, 1.82) is 0 Å². The Hall–Kier alpha value is -3.98. The van der Waals surface area contributed by atoms with Gasteiger partial charge in [0.25, 0.3) is 0 Å². The van der Waals surface area contributed by atoms with Gasteiger partial charge in [-0.2, -0.15) is 0 Å². The standard InChI is InChI=1S/C29H26O3/c30-28-19-26(31-21-24-13-6-2-7-14-24)20-29(32-22-25-15-8-3-9-16-25)27(28)18-10-17-23-11-4-1-5-12-23/h1-17,19-20,30H,18,21-22H2. The largest absolute Gasteiger partial charge is 0.507 e. The lowest BCUT2D eigenvalue weighted by molar-refractivity contribution is 0.284. The topological polar surface area (TPSA) is 38.7 Å². The zero-order valence-electron chi connectivity index (χ0n) is 17.9. The molecule has 3 nitrogen and oxygen atoms in total. The Kier molecular flexibility index (Phi) is 7.22. The van der Waals surface area contributed by atoms with E-state index in [2.05, 4.69) is 0 Å². The van der Waals surface area contributed by atoms with Crippen LogP contribution < -0.4 is 9.47 Å². The number of phenols is 1. The van der Waals surface area contributed by atoms with Crippen LogP contribution in [0.15, 0.2) is 109 Å². The van der Waals surface area contributed by atoms with E-state index in [9.17, 15) is 5.11 Å². The molecule has 0 aliphatic heterocycles. The highest BCUT2D eigenvalue weighted by molar-refractivity contribution is 5.54. The highest BCUT2D eigenvalue weighted by Crippen LogP contribution is 2.35. The fraction of sp³-hybridized carbons (Fsp3) is 0.103. The van der Waals surface area contributed by atoms with Gasteiger partial charge in [-0.3, -0.25) is 0 Å². The minimum Gasteiger partial charge on any atom is -0.507 e. The third-order valence-electron chi connectivity index (χ3n) is 5.08. The molecule has 3 heteroatoms. The first-order valence-corrected chi connectivity index (χ1v) is 10.7. The molecule has 4 aromatic carbocycles. The van der Waals surface area contributed by atoms with Crippen molar-refractivity contribution >= 4 is 6.08 Å². The summed E-state index contributed by atoms with van der Waals surface area (Å²) in [5, 5.41) is 10.8. The van der Waals surface area contributed by atoms with Crippen molar-refractivity contribution in [3.05, 3.63) is 131 Å². The van der Waals surface area contributed by atoms with Crippen molar-refractivity contribution in [2.75, 3.05) is 0 Å². The highest BCUT2D eigenvalue weighted by atomic mass is 16.5. The summed E-state index contributed by atoms with van der Waals surface area (Å²) in [6.07, 6.45) is 4.62. The molecule has 4 aromatic rings. The molecule has 4 rings (SSSR count). The predicted octanol–water partition coefficient (Wildman–Crippen LogP) is 6.81. The molecule has 0 heterocycles. The van der Waals surface area contributed by atoms with Crippen molar-refractivity contribution in [2.24, 2.45) is 0 Å². The Balaban J connectivity index is 1.54. The Labute approximate surface area is 189 Å². The van der Waals surface area contributed by atoms with Crippen LogP contribution in [0.3, 0.4) is 0 Å². The maximum absolute atomic E-state index is 10.8. The first-order valence-electron chi connectivity index (χ1n) is 10.7. The Morgan fingerprint density at radius 2 is 1.22 bits per heavy atom. The number of aromatic hydroxyl groups is 1. The van der Waals surface area contributed by atoms with Gasteiger partial charge >= 0.3 is 0 Å². The molecule has 0 amide bonds. The minimum atomic E-state index is 0.163. The average molecular weight is 423 g/mol. The number of phenolic OH excluding ortho intramolecular Hbond substituents is 1. The van der Waals surface area contributed by atoms with Crippen molar-refractivity contribution in [3.8, 4) is 17.2 Å². The number of hydrogen-bond donors (Lipinski definition) is 1. The molecule has 0 aliphatic carbocycles. The third kappa shape index (κ3) is 6.02. The normalized spacial score (nSPS) is 10.9. The van der Waals surface area contributed by atoms with Gasteiger partial charge in [0.05, 0.1) is 0 Å². The summed E-state index contributed by atoms with van der Waals surface area (Å²) in [4.78, 5) is 0. The summed E-state index contributed by atoms with van der Waals surface area (Å²) in [6.45, 7) is 0.837. The van der Waals surface area contributed by atoms with Crippen LogP contribution in [-0.4, -0.2) is 5.11 Å². The molecular weight excluding hydrogens is 396 g/mol. The van der Waals surface area contributed by atoms with Gasteiger partial charge in [-0.15, -0.1) is 0 Å². The second-order valence-corrected chi connectivity index (χ2v) is 7.48. The summed E-state index contributed by atoms with van der Waals surface area (Å²) in [6, 6.07) is 33.5. The lowest BCUT2D eigenvalue weighted by atomic mass is 10.1. The molecule has 0 saturated heterocycles. The van der Waals surface area contributed by atoms with Gasteiger partial charge in [-0.25, -0.2) is 0 Å². The van der Waals surface area contributed by atoms with Crippen LogP contribution in [0.25, 0.3) is 6.08 Å². The third-order valence-corrected chi connectivity index (χ3v) is 5.08. The molecule has 0 aromatic heterocycles. The van der Waals surface area contributed by atoms with Gasteiger partial charge in [-0.1, -0.05) is 103 Å². The van der Waals surface area contributed by atoms with Gasteiger partial charge in [0, 0.05) is 17.7 Å². The van der Waals surface area contributed by atoms with Gasteiger partial charge in [0.2, 0.25) is 0 Å². The van der Waals surface area contributed by atoms with E-state index in [1.807, 2.05) is 109 Å². The van der Waals surface area contributed by atoms with Gasteiger partial charge in [0.15, 0.2) is 0 Å². The predicted molar refractivity (Wildman–Crippen MR) is 129 cm³/mol. The fourth-order valence-electron chi connectivity index (χ4n) is 3.38. The molecule has 0 saturated carbocycles. The molecule has 0 atom stereocenters. The summed E-state index contributed by atoms with van der Waals surface area (Å²) >= 11 is 0. The molecule has 0 unspecified atom stereocenters. The Morgan fingerprint density at radius 3 is 1.84 bits per heavy atom. The van der Waals surface area contributed by atoms with E-state index >= 15 is 0 Å². The van der Waals surface area contributed by atoms with Crippen molar-refractivity contribution in [3.63, 3.8) is 0 Å². The van der Waals surface area contributed by atoms with E-state index in [-0.39, 0.29) is 5.75 Å². The van der Waals surface area contributed by atoms with Gasteiger partial charge in [0.1, 0.15) is 30.5 Å². The number of rotatable bonds is 9. The Bertz CT molecular complexity index is 1140. The van der Waals surface area contributed by atoms with Crippen LogP contribution in [-0.2, 0) is 19.6 Å². The molecule has 160 valence electrons. The molecule has 0 fully saturated rings. The van der Waals surface area contributed by atoms with E-state index in [0.29, 0.717) is 31.1 Å². The minimum absolute atomic E-state index is 0.163. The van der Waals surface area contributed by atoms with Gasteiger partial charge in [-0.05, 0) is 23.1 Å². The quantitative estimate of drug-likeness (QED) is 0.322.